The second-order valence-corrected chi connectivity index (χ2v) is 5.27. The quantitative estimate of drug-likeness (QED) is 0.838. The van der Waals surface area contributed by atoms with Gasteiger partial charge in [0.25, 0.3) is 0 Å². The molecule has 0 aliphatic heterocycles. The van der Waals surface area contributed by atoms with Gasteiger partial charge in [0.15, 0.2) is 0 Å². The molecule has 2 aromatic rings. The van der Waals surface area contributed by atoms with Crippen LogP contribution in [0.4, 0.5) is 0 Å². The molecule has 1 aromatic carbocycles. The lowest BCUT2D eigenvalue weighted by atomic mass is 10.0. The second kappa shape index (κ2) is 6.22. The van der Waals surface area contributed by atoms with Gasteiger partial charge in [-0.2, -0.15) is 0 Å². The van der Waals surface area contributed by atoms with Crippen LogP contribution < -0.4 is 5.73 Å². The van der Waals surface area contributed by atoms with Crippen molar-refractivity contribution in [3.05, 3.63) is 35.0 Å². The molecule has 19 heavy (non-hydrogen) atoms. The molecular weight excluding hydrogens is 236 g/mol. The standard InChI is InChI=1S/C16H24N2O/c1-12-9-15-14(5-3-6-17)11-18(7-4-8-19)16(15)10-13(12)2/h9-11,19H,3-8,17H2,1-2H3. The third-order valence-corrected chi connectivity index (χ3v) is 3.79. The first-order chi connectivity index (χ1) is 9.17. The largest absolute Gasteiger partial charge is 0.396 e. The van der Waals surface area contributed by atoms with E-state index >= 15 is 0 Å². The van der Waals surface area contributed by atoms with Crippen molar-refractivity contribution < 1.29 is 5.11 Å². The van der Waals surface area contributed by atoms with E-state index in [0.717, 1.165) is 32.4 Å². The van der Waals surface area contributed by atoms with Gasteiger partial charge < -0.3 is 15.4 Å². The maximum atomic E-state index is 9.02. The van der Waals surface area contributed by atoms with E-state index in [1.165, 1.54) is 27.6 Å². The summed E-state index contributed by atoms with van der Waals surface area (Å²) in [6, 6.07) is 4.54. The zero-order chi connectivity index (χ0) is 13.8. The molecule has 0 fully saturated rings. The summed E-state index contributed by atoms with van der Waals surface area (Å²) >= 11 is 0. The number of benzene rings is 1. The van der Waals surface area contributed by atoms with Gasteiger partial charge in [0.2, 0.25) is 0 Å². The number of fused-ring (bicyclic) bond motifs is 1. The van der Waals surface area contributed by atoms with Gasteiger partial charge in [-0.05, 0) is 68.5 Å². The topological polar surface area (TPSA) is 51.2 Å². The number of nitrogens with two attached hydrogens (primary N) is 1. The molecule has 1 heterocycles. The fraction of sp³-hybridized carbons (Fsp3) is 0.500. The Labute approximate surface area is 115 Å². The summed E-state index contributed by atoms with van der Waals surface area (Å²) in [5, 5.41) is 10.4. The van der Waals surface area contributed by atoms with Crippen LogP contribution in [-0.4, -0.2) is 22.8 Å². The molecule has 0 saturated carbocycles. The first kappa shape index (κ1) is 14.1. The Balaban J connectivity index is 2.46. The molecule has 3 heteroatoms. The number of aliphatic hydroxyl groups excluding tert-OH is 1. The van der Waals surface area contributed by atoms with Crippen LogP contribution in [0.15, 0.2) is 18.3 Å². The summed E-state index contributed by atoms with van der Waals surface area (Å²) in [7, 11) is 0. The smallest absolute Gasteiger partial charge is 0.0486 e. The van der Waals surface area contributed by atoms with Crippen molar-refractivity contribution >= 4 is 10.9 Å². The fourth-order valence-electron chi connectivity index (χ4n) is 2.54. The summed E-state index contributed by atoms with van der Waals surface area (Å²) in [4.78, 5) is 0. The number of nitrogens with zero attached hydrogens (tertiary/aromatic N) is 1. The number of aliphatic hydroxyl groups is 1. The summed E-state index contributed by atoms with van der Waals surface area (Å²) in [6.45, 7) is 6.15. The molecule has 0 amide bonds. The molecule has 0 saturated heterocycles. The molecule has 0 spiro atoms. The zero-order valence-corrected chi connectivity index (χ0v) is 11.9. The Kier molecular flexibility index (Phi) is 4.61. The lowest BCUT2D eigenvalue weighted by Gasteiger charge is -2.06. The minimum atomic E-state index is 0.239. The van der Waals surface area contributed by atoms with Crippen LogP contribution in [0, 0.1) is 13.8 Å². The third kappa shape index (κ3) is 2.99. The molecule has 1 aromatic heterocycles. The zero-order valence-electron chi connectivity index (χ0n) is 11.9. The second-order valence-electron chi connectivity index (χ2n) is 5.27. The lowest BCUT2D eigenvalue weighted by molar-refractivity contribution is 0.280. The van der Waals surface area contributed by atoms with E-state index in [0.29, 0.717) is 0 Å². The number of rotatable bonds is 6. The highest BCUT2D eigenvalue weighted by Gasteiger charge is 2.09. The Bertz CT molecular complexity index is 509. The van der Waals surface area contributed by atoms with Gasteiger partial charge in [0, 0.05) is 30.3 Å². The minimum absolute atomic E-state index is 0.239. The number of aromatic nitrogens is 1. The first-order valence-corrected chi connectivity index (χ1v) is 7.07. The average molecular weight is 260 g/mol. The van der Waals surface area contributed by atoms with Crippen LogP contribution in [0.5, 0.6) is 0 Å². The van der Waals surface area contributed by atoms with Crippen LogP contribution in [0.3, 0.4) is 0 Å². The highest BCUT2D eigenvalue weighted by atomic mass is 16.3. The van der Waals surface area contributed by atoms with E-state index in [2.05, 4.69) is 36.7 Å². The summed E-state index contributed by atoms with van der Waals surface area (Å²) in [5.41, 5.74) is 10.9. The van der Waals surface area contributed by atoms with Crippen molar-refractivity contribution in [2.45, 2.75) is 39.7 Å². The maximum absolute atomic E-state index is 9.02. The van der Waals surface area contributed by atoms with E-state index < -0.39 is 0 Å². The Morgan fingerprint density at radius 2 is 1.89 bits per heavy atom. The first-order valence-electron chi connectivity index (χ1n) is 7.07. The number of hydrogen-bond donors (Lipinski definition) is 2. The summed E-state index contributed by atoms with van der Waals surface area (Å²) in [5.74, 6) is 0. The van der Waals surface area contributed by atoms with E-state index in [1.54, 1.807) is 0 Å². The van der Waals surface area contributed by atoms with Gasteiger partial charge in [0.1, 0.15) is 0 Å². The lowest BCUT2D eigenvalue weighted by Crippen LogP contribution is -2.00. The van der Waals surface area contributed by atoms with Crippen molar-refractivity contribution in [2.75, 3.05) is 13.2 Å². The van der Waals surface area contributed by atoms with Crippen LogP contribution in [0.2, 0.25) is 0 Å². The van der Waals surface area contributed by atoms with Gasteiger partial charge in [-0.3, -0.25) is 0 Å². The normalized spacial score (nSPS) is 11.4. The maximum Gasteiger partial charge on any atom is 0.0486 e. The molecule has 0 atom stereocenters. The van der Waals surface area contributed by atoms with Crippen molar-refractivity contribution in [3.63, 3.8) is 0 Å². The highest BCUT2D eigenvalue weighted by molar-refractivity contribution is 5.85. The number of aryl methyl sites for hydroxylation is 4. The average Bonchev–Trinajstić information content (AvgIpc) is 2.72. The molecular formula is C16H24N2O. The van der Waals surface area contributed by atoms with Crippen molar-refractivity contribution in [2.24, 2.45) is 5.73 Å². The Hall–Kier alpha value is -1.32. The van der Waals surface area contributed by atoms with E-state index in [9.17, 15) is 0 Å². The van der Waals surface area contributed by atoms with Crippen molar-refractivity contribution in [1.82, 2.24) is 4.57 Å². The van der Waals surface area contributed by atoms with Crippen molar-refractivity contribution in [1.29, 1.82) is 0 Å². The molecule has 0 aliphatic carbocycles. The molecule has 0 aliphatic rings. The Morgan fingerprint density at radius 1 is 1.16 bits per heavy atom. The molecule has 3 N–H and O–H groups in total. The van der Waals surface area contributed by atoms with Crippen molar-refractivity contribution in [3.8, 4) is 0 Å². The van der Waals surface area contributed by atoms with Crippen LogP contribution in [0.1, 0.15) is 29.5 Å². The third-order valence-electron chi connectivity index (χ3n) is 3.79. The summed E-state index contributed by atoms with van der Waals surface area (Å²) in [6.07, 6.45) is 5.08. The van der Waals surface area contributed by atoms with E-state index in [1.807, 2.05) is 0 Å². The predicted molar refractivity (Wildman–Crippen MR) is 80.5 cm³/mol. The molecule has 0 bridgehead atoms. The van der Waals surface area contributed by atoms with Crippen LogP contribution in [0.25, 0.3) is 10.9 Å². The van der Waals surface area contributed by atoms with Gasteiger partial charge in [-0.1, -0.05) is 0 Å². The van der Waals surface area contributed by atoms with Crippen LogP contribution >= 0.6 is 0 Å². The molecule has 2 rings (SSSR count). The summed E-state index contributed by atoms with van der Waals surface area (Å²) < 4.78 is 2.27. The van der Waals surface area contributed by atoms with E-state index in [4.69, 9.17) is 10.8 Å². The SMILES string of the molecule is Cc1cc2c(CCCN)cn(CCCO)c2cc1C. The molecule has 104 valence electrons. The monoisotopic (exact) mass is 260 g/mol. The molecule has 0 unspecified atom stereocenters. The van der Waals surface area contributed by atoms with Crippen LogP contribution in [-0.2, 0) is 13.0 Å². The number of hydrogen-bond acceptors (Lipinski definition) is 2. The van der Waals surface area contributed by atoms with E-state index in [-0.39, 0.29) is 6.61 Å². The fourth-order valence-corrected chi connectivity index (χ4v) is 2.54. The Morgan fingerprint density at radius 3 is 2.58 bits per heavy atom. The van der Waals surface area contributed by atoms with Gasteiger partial charge in [-0.15, -0.1) is 0 Å². The minimum Gasteiger partial charge on any atom is -0.396 e. The molecule has 0 radical (unpaired) electrons. The highest BCUT2D eigenvalue weighted by Crippen LogP contribution is 2.26. The van der Waals surface area contributed by atoms with Gasteiger partial charge in [-0.25, -0.2) is 0 Å². The van der Waals surface area contributed by atoms with Gasteiger partial charge >= 0.3 is 0 Å². The molecule has 3 nitrogen and oxygen atoms in total. The predicted octanol–water partition coefficient (Wildman–Crippen LogP) is 2.53. The van der Waals surface area contributed by atoms with Gasteiger partial charge in [0.05, 0.1) is 0 Å².